The zero-order chi connectivity index (χ0) is 12.9. The predicted molar refractivity (Wildman–Crippen MR) is 71.9 cm³/mol. The van der Waals surface area contributed by atoms with E-state index in [2.05, 4.69) is 12.2 Å². The molecule has 3 heteroatoms. The van der Waals surface area contributed by atoms with Crippen LogP contribution >= 0.6 is 0 Å². The fraction of sp³-hybridized carbons (Fsp3) is 0.929. The molecule has 2 N–H and O–H groups in total. The Morgan fingerprint density at radius 2 is 1.76 bits per heavy atom. The Bertz CT molecular complexity index is 183. The van der Waals surface area contributed by atoms with E-state index >= 15 is 0 Å². The van der Waals surface area contributed by atoms with Gasteiger partial charge >= 0.3 is 0 Å². The molecular formula is C14H29NO2. The molecular weight excluding hydrogens is 214 g/mol. The number of carbonyl (C=O) groups is 1. The molecule has 0 aliphatic heterocycles. The van der Waals surface area contributed by atoms with Crippen LogP contribution in [0, 0.1) is 0 Å². The van der Waals surface area contributed by atoms with Gasteiger partial charge in [0.1, 0.15) is 0 Å². The van der Waals surface area contributed by atoms with Crippen molar-refractivity contribution in [3.63, 3.8) is 0 Å². The third-order valence-electron chi connectivity index (χ3n) is 2.92. The van der Waals surface area contributed by atoms with Crippen LogP contribution in [0.15, 0.2) is 0 Å². The van der Waals surface area contributed by atoms with Gasteiger partial charge < -0.3 is 10.4 Å². The van der Waals surface area contributed by atoms with E-state index in [-0.39, 0.29) is 12.0 Å². The van der Waals surface area contributed by atoms with Crippen molar-refractivity contribution in [3.8, 4) is 0 Å². The van der Waals surface area contributed by atoms with Crippen LogP contribution in [0.25, 0.3) is 0 Å². The second-order valence-electron chi connectivity index (χ2n) is 4.75. The molecule has 0 fully saturated rings. The molecule has 0 heterocycles. The fourth-order valence-corrected chi connectivity index (χ4v) is 1.78. The van der Waals surface area contributed by atoms with Gasteiger partial charge in [-0.05, 0) is 19.3 Å². The average Bonchev–Trinajstić information content (AvgIpc) is 2.33. The first-order valence-corrected chi connectivity index (χ1v) is 7.15. The first-order valence-electron chi connectivity index (χ1n) is 7.15. The molecule has 1 atom stereocenters. The molecule has 1 amide bonds. The molecule has 17 heavy (non-hydrogen) atoms. The van der Waals surface area contributed by atoms with Crippen LogP contribution in [-0.2, 0) is 4.79 Å². The molecule has 0 aromatic carbocycles. The van der Waals surface area contributed by atoms with Crippen molar-refractivity contribution >= 4 is 5.91 Å². The number of aliphatic hydroxyl groups is 1. The maximum absolute atomic E-state index is 11.3. The third-order valence-corrected chi connectivity index (χ3v) is 2.92. The minimum absolute atomic E-state index is 0.0666. The smallest absolute Gasteiger partial charge is 0.220 e. The van der Waals surface area contributed by atoms with Crippen LogP contribution in [-0.4, -0.2) is 23.7 Å². The van der Waals surface area contributed by atoms with Gasteiger partial charge in [-0.1, -0.05) is 46.0 Å². The molecule has 0 spiro atoms. The summed E-state index contributed by atoms with van der Waals surface area (Å²) in [5.41, 5.74) is 0. The van der Waals surface area contributed by atoms with Gasteiger partial charge in [-0.25, -0.2) is 0 Å². The Morgan fingerprint density at radius 3 is 2.41 bits per heavy atom. The summed E-state index contributed by atoms with van der Waals surface area (Å²) in [6, 6.07) is 0. The van der Waals surface area contributed by atoms with Crippen molar-refractivity contribution in [2.45, 2.75) is 77.7 Å². The maximum atomic E-state index is 11.3. The van der Waals surface area contributed by atoms with Gasteiger partial charge in [0.15, 0.2) is 0 Å². The Hall–Kier alpha value is -0.570. The van der Waals surface area contributed by atoms with Crippen LogP contribution in [0.1, 0.15) is 71.6 Å². The molecule has 0 aliphatic rings. The lowest BCUT2D eigenvalue weighted by Crippen LogP contribution is -2.25. The van der Waals surface area contributed by atoms with Crippen molar-refractivity contribution in [3.05, 3.63) is 0 Å². The fourth-order valence-electron chi connectivity index (χ4n) is 1.78. The highest BCUT2D eigenvalue weighted by atomic mass is 16.3. The number of nitrogens with one attached hydrogen (secondary N) is 1. The van der Waals surface area contributed by atoms with E-state index in [9.17, 15) is 9.90 Å². The maximum Gasteiger partial charge on any atom is 0.220 e. The van der Waals surface area contributed by atoms with E-state index in [1.165, 1.54) is 25.7 Å². The number of rotatable bonds is 11. The normalized spacial score (nSPS) is 12.4. The van der Waals surface area contributed by atoms with Gasteiger partial charge in [0.2, 0.25) is 5.91 Å². The van der Waals surface area contributed by atoms with E-state index in [1.54, 1.807) is 0 Å². The van der Waals surface area contributed by atoms with Crippen molar-refractivity contribution in [2.24, 2.45) is 0 Å². The van der Waals surface area contributed by atoms with Crippen molar-refractivity contribution in [1.82, 2.24) is 5.32 Å². The minimum Gasteiger partial charge on any atom is -0.393 e. The lowest BCUT2D eigenvalue weighted by atomic mass is 10.0. The lowest BCUT2D eigenvalue weighted by Gasteiger charge is -2.10. The molecule has 0 saturated heterocycles. The van der Waals surface area contributed by atoms with Crippen LogP contribution in [0.2, 0.25) is 0 Å². The summed E-state index contributed by atoms with van der Waals surface area (Å²) in [5.74, 6) is 0.0666. The van der Waals surface area contributed by atoms with E-state index < -0.39 is 0 Å². The molecule has 0 saturated carbocycles. The summed E-state index contributed by atoms with van der Waals surface area (Å²) in [6.45, 7) is 4.97. The number of unbranched alkanes of at least 4 members (excludes halogenated alkanes) is 4. The summed E-state index contributed by atoms with van der Waals surface area (Å²) < 4.78 is 0. The SMILES string of the molecule is CCCCCCCC(O)CCC(=O)NCCC. The van der Waals surface area contributed by atoms with E-state index in [0.29, 0.717) is 12.8 Å². The van der Waals surface area contributed by atoms with Gasteiger partial charge in [-0.15, -0.1) is 0 Å². The van der Waals surface area contributed by atoms with Gasteiger partial charge in [-0.2, -0.15) is 0 Å². The molecule has 0 rings (SSSR count). The van der Waals surface area contributed by atoms with Gasteiger partial charge in [0.05, 0.1) is 6.10 Å². The Balaban J connectivity index is 3.33. The number of hydrogen-bond acceptors (Lipinski definition) is 2. The van der Waals surface area contributed by atoms with Crippen LogP contribution < -0.4 is 5.32 Å². The van der Waals surface area contributed by atoms with Crippen molar-refractivity contribution in [2.75, 3.05) is 6.54 Å². The first-order chi connectivity index (χ1) is 8.20. The van der Waals surface area contributed by atoms with Crippen LogP contribution in [0.3, 0.4) is 0 Å². The van der Waals surface area contributed by atoms with Crippen molar-refractivity contribution < 1.29 is 9.90 Å². The van der Waals surface area contributed by atoms with Gasteiger partial charge in [-0.3, -0.25) is 4.79 Å². The summed E-state index contributed by atoms with van der Waals surface area (Å²) in [7, 11) is 0. The number of amides is 1. The molecule has 1 unspecified atom stereocenters. The van der Waals surface area contributed by atoms with Crippen LogP contribution in [0.4, 0.5) is 0 Å². The lowest BCUT2D eigenvalue weighted by molar-refractivity contribution is -0.121. The molecule has 0 aromatic heterocycles. The monoisotopic (exact) mass is 243 g/mol. The molecule has 0 aromatic rings. The average molecular weight is 243 g/mol. The highest BCUT2D eigenvalue weighted by molar-refractivity contribution is 5.75. The molecule has 102 valence electrons. The topological polar surface area (TPSA) is 49.3 Å². The number of hydrogen-bond donors (Lipinski definition) is 2. The Kier molecular flexibility index (Phi) is 11.5. The van der Waals surface area contributed by atoms with E-state index in [0.717, 1.165) is 25.8 Å². The summed E-state index contributed by atoms with van der Waals surface area (Å²) >= 11 is 0. The highest BCUT2D eigenvalue weighted by Crippen LogP contribution is 2.10. The molecule has 0 aliphatic carbocycles. The zero-order valence-corrected chi connectivity index (χ0v) is 11.5. The standard InChI is InChI=1S/C14H29NO2/c1-3-5-6-7-8-9-13(16)10-11-14(17)15-12-4-2/h13,16H,3-12H2,1-2H3,(H,15,17). The second-order valence-corrected chi connectivity index (χ2v) is 4.75. The summed E-state index contributed by atoms with van der Waals surface area (Å²) in [4.78, 5) is 11.3. The number of carbonyl (C=O) groups excluding carboxylic acids is 1. The van der Waals surface area contributed by atoms with E-state index in [1.807, 2.05) is 6.92 Å². The largest absolute Gasteiger partial charge is 0.393 e. The molecule has 0 radical (unpaired) electrons. The van der Waals surface area contributed by atoms with Crippen LogP contribution in [0.5, 0.6) is 0 Å². The third kappa shape index (κ3) is 11.7. The quantitative estimate of drug-likeness (QED) is 0.548. The minimum atomic E-state index is -0.302. The second kappa shape index (κ2) is 11.9. The van der Waals surface area contributed by atoms with E-state index in [4.69, 9.17) is 0 Å². The zero-order valence-electron chi connectivity index (χ0n) is 11.5. The summed E-state index contributed by atoms with van der Waals surface area (Å²) in [5, 5.41) is 12.5. The first kappa shape index (κ1) is 16.4. The van der Waals surface area contributed by atoms with Gasteiger partial charge in [0.25, 0.3) is 0 Å². The van der Waals surface area contributed by atoms with Crippen molar-refractivity contribution in [1.29, 1.82) is 0 Å². The molecule has 0 bridgehead atoms. The highest BCUT2D eigenvalue weighted by Gasteiger charge is 2.07. The molecule has 3 nitrogen and oxygen atoms in total. The predicted octanol–water partition coefficient (Wildman–Crippen LogP) is 3.01. The number of aliphatic hydroxyl groups excluding tert-OH is 1. The summed E-state index contributed by atoms with van der Waals surface area (Å²) in [6.07, 6.45) is 8.64. The van der Waals surface area contributed by atoms with Gasteiger partial charge in [0, 0.05) is 13.0 Å². The Morgan fingerprint density at radius 1 is 1.06 bits per heavy atom. The Labute approximate surface area is 106 Å².